The predicted molar refractivity (Wildman–Crippen MR) is 106 cm³/mol. The fraction of sp³-hybridized carbons (Fsp3) is 0.300. The van der Waals surface area contributed by atoms with Crippen LogP contribution in [0.2, 0.25) is 0 Å². The summed E-state index contributed by atoms with van der Waals surface area (Å²) in [4.78, 5) is 24.6. The van der Waals surface area contributed by atoms with Crippen LogP contribution in [0.5, 0.6) is 0 Å². The quantitative estimate of drug-likeness (QED) is 0.546. The summed E-state index contributed by atoms with van der Waals surface area (Å²) in [6.07, 6.45) is 0. The number of rotatable bonds is 8. The number of amides is 2. The van der Waals surface area contributed by atoms with Gasteiger partial charge in [-0.2, -0.15) is 5.10 Å². The van der Waals surface area contributed by atoms with Gasteiger partial charge in [0, 0.05) is 25.3 Å². The lowest BCUT2D eigenvalue weighted by Gasteiger charge is -2.07. The Hall–Kier alpha value is -3.53. The topological polar surface area (TPSA) is 111 Å². The fourth-order valence-corrected chi connectivity index (χ4v) is 2.83. The number of halogens is 1. The van der Waals surface area contributed by atoms with Crippen molar-refractivity contribution in [3.05, 3.63) is 53.3 Å². The summed E-state index contributed by atoms with van der Waals surface area (Å²) in [6, 6.07) is 7.17. The van der Waals surface area contributed by atoms with Crippen molar-refractivity contribution in [3.8, 4) is 11.3 Å². The summed E-state index contributed by atoms with van der Waals surface area (Å²) in [5.41, 5.74) is 2.71. The smallest absolute Gasteiger partial charge is 0.294 e. The number of carbonyl (C=O) groups excluding carboxylic acids is 2. The zero-order chi connectivity index (χ0) is 21.7. The van der Waals surface area contributed by atoms with Gasteiger partial charge in [0.15, 0.2) is 0 Å². The number of anilines is 1. The second-order valence-electron chi connectivity index (χ2n) is 6.58. The van der Waals surface area contributed by atoms with E-state index >= 15 is 0 Å². The molecule has 2 aromatic heterocycles. The molecule has 0 aliphatic carbocycles. The van der Waals surface area contributed by atoms with E-state index in [4.69, 9.17) is 9.26 Å². The molecule has 10 heteroatoms. The van der Waals surface area contributed by atoms with Gasteiger partial charge in [0.25, 0.3) is 5.91 Å². The molecular weight excluding hydrogens is 393 g/mol. The minimum absolute atomic E-state index is 0.00168. The van der Waals surface area contributed by atoms with E-state index < -0.39 is 5.91 Å². The Morgan fingerprint density at radius 3 is 2.67 bits per heavy atom. The minimum atomic E-state index is -0.508. The van der Waals surface area contributed by atoms with Gasteiger partial charge in [0.2, 0.25) is 11.7 Å². The maximum Gasteiger partial charge on any atom is 0.294 e. The van der Waals surface area contributed by atoms with E-state index in [-0.39, 0.29) is 24.0 Å². The molecule has 2 N–H and O–H groups in total. The Morgan fingerprint density at radius 2 is 1.97 bits per heavy atom. The summed E-state index contributed by atoms with van der Waals surface area (Å²) >= 11 is 0. The summed E-state index contributed by atoms with van der Waals surface area (Å²) in [5.74, 6) is -1.09. The standard InChI is InChI=1S/C20H22FN5O4/c1-12-19(13(2)26(24-12)11-18(27)22-8-9-29-3)23-20(28)17-10-16(25-30-17)14-4-6-15(21)7-5-14/h4-7,10H,8-9,11H2,1-3H3,(H,22,27)(H,23,28). The summed E-state index contributed by atoms with van der Waals surface area (Å²) in [6.45, 7) is 4.32. The summed E-state index contributed by atoms with van der Waals surface area (Å²) in [7, 11) is 1.55. The molecule has 0 radical (unpaired) electrons. The largest absolute Gasteiger partial charge is 0.383 e. The van der Waals surface area contributed by atoms with Crippen LogP contribution in [-0.2, 0) is 16.1 Å². The average molecular weight is 415 g/mol. The molecule has 0 aliphatic rings. The molecule has 0 saturated heterocycles. The van der Waals surface area contributed by atoms with E-state index in [1.807, 2.05) is 0 Å². The molecule has 0 unspecified atom stereocenters. The highest BCUT2D eigenvalue weighted by Crippen LogP contribution is 2.23. The Morgan fingerprint density at radius 1 is 1.23 bits per heavy atom. The van der Waals surface area contributed by atoms with Gasteiger partial charge in [-0.1, -0.05) is 5.16 Å². The first-order chi connectivity index (χ1) is 14.4. The van der Waals surface area contributed by atoms with Crippen LogP contribution in [0.4, 0.5) is 10.1 Å². The van der Waals surface area contributed by atoms with Crippen molar-refractivity contribution in [1.29, 1.82) is 0 Å². The van der Waals surface area contributed by atoms with Crippen LogP contribution < -0.4 is 10.6 Å². The Kier molecular flexibility index (Phi) is 6.58. The molecule has 0 spiro atoms. The third-order valence-electron chi connectivity index (χ3n) is 4.42. The molecule has 158 valence electrons. The molecule has 1 aromatic carbocycles. The summed E-state index contributed by atoms with van der Waals surface area (Å²) in [5, 5.41) is 13.6. The number of nitrogens with zero attached hydrogens (tertiary/aromatic N) is 3. The van der Waals surface area contributed by atoms with E-state index in [1.54, 1.807) is 33.1 Å². The van der Waals surface area contributed by atoms with Crippen LogP contribution in [0.3, 0.4) is 0 Å². The third-order valence-corrected chi connectivity index (χ3v) is 4.42. The van der Waals surface area contributed by atoms with Crippen molar-refractivity contribution in [2.24, 2.45) is 0 Å². The Balaban J connectivity index is 1.69. The van der Waals surface area contributed by atoms with Crippen molar-refractivity contribution < 1.29 is 23.2 Å². The average Bonchev–Trinajstić information content (AvgIpc) is 3.30. The highest BCUT2D eigenvalue weighted by Gasteiger charge is 2.20. The van der Waals surface area contributed by atoms with Gasteiger partial charge >= 0.3 is 0 Å². The van der Waals surface area contributed by atoms with E-state index in [2.05, 4.69) is 20.9 Å². The van der Waals surface area contributed by atoms with Crippen molar-refractivity contribution in [1.82, 2.24) is 20.3 Å². The second-order valence-corrected chi connectivity index (χ2v) is 6.58. The molecule has 0 atom stereocenters. The number of benzene rings is 1. The fourth-order valence-electron chi connectivity index (χ4n) is 2.83. The number of aromatic nitrogens is 3. The SMILES string of the molecule is COCCNC(=O)Cn1nc(C)c(NC(=O)c2cc(-c3ccc(F)cc3)no2)c1C. The highest BCUT2D eigenvalue weighted by molar-refractivity contribution is 6.03. The molecule has 0 saturated carbocycles. The van der Waals surface area contributed by atoms with Gasteiger partial charge < -0.3 is 19.9 Å². The molecule has 2 amide bonds. The minimum Gasteiger partial charge on any atom is -0.383 e. The lowest BCUT2D eigenvalue weighted by molar-refractivity contribution is -0.122. The number of nitrogens with one attached hydrogen (secondary N) is 2. The first-order valence-electron chi connectivity index (χ1n) is 9.22. The molecular formula is C20H22FN5O4. The number of ether oxygens (including phenoxy) is 1. The third kappa shape index (κ3) is 4.90. The van der Waals surface area contributed by atoms with Gasteiger partial charge in [-0.15, -0.1) is 0 Å². The molecule has 0 aliphatic heterocycles. The number of methoxy groups -OCH3 is 1. The zero-order valence-corrected chi connectivity index (χ0v) is 16.9. The van der Waals surface area contributed by atoms with E-state index in [0.29, 0.717) is 41.5 Å². The first-order valence-corrected chi connectivity index (χ1v) is 9.22. The monoisotopic (exact) mass is 415 g/mol. The molecule has 3 aromatic rings. The van der Waals surface area contributed by atoms with Crippen LogP contribution in [-0.4, -0.2) is 47.0 Å². The zero-order valence-electron chi connectivity index (χ0n) is 16.9. The lowest BCUT2D eigenvalue weighted by atomic mass is 10.1. The van der Waals surface area contributed by atoms with Crippen molar-refractivity contribution in [2.45, 2.75) is 20.4 Å². The van der Waals surface area contributed by atoms with Crippen LogP contribution in [0, 0.1) is 19.7 Å². The molecule has 2 heterocycles. The number of hydrogen-bond acceptors (Lipinski definition) is 6. The van der Waals surface area contributed by atoms with Gasteiger partial charge in [-0.25, -0.2) is 4.39 Å². The van der Waals surface area contributed by atoms with Crippen LogP contribution >= 0.6 is 0 Å². The van der Waals surface area contributed by atoms with Crippen LogP contribution in [0.1, 0.15) is 21.9 Å². The second kappa shape index (κ2) is 9.31. The van der Waals surface area contributed by atoms with E-state index in [0.717, 1.165) is 0 Å². The van der Waals surface area contributed by atoms with Gasteiger partial charge in [0.1, 0.15) is 18.1 Å². The summed E-state index contributed by atoms with van der Waals surface area (Å²) < 4.78 is 24.6. The maximum atomic E-state index is 13.1. The van der Waals surface area contributed by atoms with Crippen molar-refractivity contribution in [3.63, 3.8) is 0 Å². The molecule has 30 heavy (non-hydrogen) atoms. The van der Waals surface area contributed by atoms with Crippen LogP contribution in [0.25, 0.3) is 11.3 Å². The van der Waals surface area contributed by atoms with Gasteiger partial charge in [-0.05, 0) is 38.1 Å². The molecule has 0 fully saturated rings. The predicted octanol–water partition coefficient (Wildman–Crippen LogP) is 2.31. The van der Waals surface area contributed by atoms with Crippen LogP contribution in [0.15, 0.2) is 34.9 Å². The highest BCUT2D eigenvalue weighted by atomic mass is 19.1. The Bertz CT molecular complexity index is 1040. The van der Waals surface area contributed by atoms with E-state index in [1.165, 1.54) is 22.9 Å². The van der Waals surface area contributed by atoms with Gasteiger partial charge in [0.05, 0.1) is 23.7 Å². The maximum absolute atomic E-state index is 13.1. The van der Waals surface area contributed by atoms with E-state index in [9.17, 15) is 14.0 Å². The normalized spacial score (nSPS) is 10.8. The molecule has 0 bridgehead atoms. The number of aryl methyl sites for hydroxylation is 1. The Labute approximate surface area is 172 Å². The van der Waals surface area contributed by atoms with Crippen molar-refractivity contribution >= 4 is 17.5 Å². The first kappa shape index (κ1) is 21.2. The molecule has 9 nitrogen and oxygen atoms in total. The number of carbonyl (C=O) groups is 2. The van der Waals surface area contributed by atoms with Crippen molar-refractivity contribution in [2.75, 3.05) is 25.6 Å². The van der Waals surface area contributed by atoms with Gasteiger partial charge in [-0.3, -0.25) is 14.3 Å². The lowest BCUT2D eigenvalue weighted by Crippen LogP contribution is -2.31. The molecule has 3 rings (SSSR count). The number of hydrogen-bond donors (Lipinski definition) is 2.